The summed E-state index contributed by atoms with van der Waals surface area (Å²) in [4.78, 5) is 4.45. The average Bonchev–Trinajstić information content (AvgIpc) is 2.48. The van der Waals surface area contributed by atoms with Gasteiger partial charge in [-0.2, -0.15) is 0 Å². The number of methoxy groups -OCH3 is 1. The van der Waals surface area contributed by atoms with Crippen LogP contribution in [0.5, 0.6) is 5.75 Å². The van der Waals surface area contributed by atoms with Crippen molar-refractivity contribution in [2.45, 2.75) is 13.0 Å². The third-order valence-electron chi connectivity index (χ3n) is 2.99. The zero-order chi connectivity index (χ0) is 14.5. The first kappa shape index (κ1) is 15.3. The van der Waals surface area contributed by atoms with Crippen molar-refractivity contribution < 1.29 is 4.74 Å². The van der Waals surface area contributed by atoms with E-state index in [1.165, 1.54) is 0 Å². The summed E-state index contributed by atoms with van der Waals surface area (Å²) in [6.45, 7) is 2.85. The Hall–Kier alpha value is -1.10. The summed E-state index contributed by atoms with van der Waals surface area (Å²) in [6.07, 6.45) is 1.76. The van der Waals surface area contributed by atoms with Gasteiger partial charge in [0.15, 0.2) is 0 Å². The average molecular weight is 356 g/mol. The van der Waals surface area contributed by atoms with Gasteiger partial charge in [0.05, 0.1) is 18.2 Å². The number of rotatable bonds is 5. The minimum atomic E-state index is -0.110. The van der Waals surface area contributed by atoms with Gasteiger partial charge < -0.3 is 10.1 Å². The van der Waals surface area contributed by atoms with E-state index >= 15 is 0 Å². The number of hydrogen-bond acceptors (Lipinski definition) is 3. The van der Waals surface area contributed by atoms with E-state index < -0.39 is 0 Å². The molecule has 1 aromatic carbocycles. The minimum absolute atomic E-state index is 0.110. The Morgan fingerprint density at radius 3 is 2.85 bits per heavy atom. The number of nitrogens with one attached hydrogen (secondary N) is 1. The molecular weight excluding hydrogens is 340 g/mol. The molecule has 0 aliphatic heterocycles. The maximum Gasteiger partial charge on any atom is 0.142 e. The maximum absolute atomic E-state index is 6.41. The van der Waals surface area contributed by atoms with Crippen LogP contribution in [0.1, 0.15) is 24.2 Å². The summed E-state index contributed by atoms with van der Waals surface area (Å²) in [7, 11) is 1.64. The number of ether oxygens (including phenoxy) is 1. The van der Waals surface area contributed by atoms with Crippen molar-refractivity contribution >= 4 is 27.5 Å². The summed E-state index contributed by atoms with van der Waals surface area (Å²) >= 11 is 9.88. The predicted molar refractivity (Wildman–Crippen MR) is 85.5 cm³/mol. The first-order valence-electron chi connectivity index (χ1n) is 6.35. The Balaban J connectivity index is 2.53. The molecule has 1 aromatic heterocycles. The Bertz CT molecular complexity index is 592. The molecule has 0 radical (unpaired) electrons. The third kappa shape index (κ3) is 3.14. The fraction of sp³-hybridized carbons (Fsp3) is 0.267. The molecule has 0 aliphatic rings. The zero-order valence-electron chi connectivity index (χ0n) is 11.4. The van der Waals surface area contributed by atoms with E-state index in [1.807, 2.05) is 37.3 Å². The first-order chi connectivity index (χ1) is 9.69. The molecule has 106 valence electrons. The van der Waals surface area contributed by atoms with Crippen LogP contribution in [0.25, 0.3) is 0 Å². The molecule has 0 fully saturated rings. The standard InChI is InChI=1S/C15H16BrClN2O/c1-3-18-14(10-6-4-7-11(16)13(10)17)15-12(20-2)8-5-9-19-15/h4-9,14,18H,3H2,1-2H3. The van der Waals surface area contributed by atoms with Crippen molar-refractivity contribution in [3.63, 3.8) is 0 Å². The monoisotopic (exact) mass is 354 g/mol. The van der Waals surface area contributed by atoms with E-state index in [2.05, 4.69) is 26.2 Å². The van der Waals surface area contributed by atoms with Gasteiger partial charge in [0.1, 0.15) is 11.4 Å². The minimum Gasteiger partial charge on any atom is -0.495 e. The second-order valence-corrected chi connectivity index (χ2v) is 5.46. The van der Waals surface area contributed by atoms with Crippen molar-refractivity contribution in [2.24, 2.45) is 0 Å². The highest BCUT2D eigenvalue weighted by Crippen LogP contribution is 2.35. The van der Waals surface area contributed by atoms with E-state index in [-0.39, 0.29) is 6.04 Å². The molecule has 0 saturated carbocycles. The van der Waals surface area contributed by atoms with Crippen LogP contribution in [0.2, 0.25) is 5.02 Å². The molecule has 1 atom stereocenters. The topological polar surface area (TPSA) is 34.2 Å². The van der Waals surface area contributed by atoms with Gasteiger partial charge in [0.25, 0.3) is 0 Å². The van der Waals surface area contributed by atoms with Crippen LogP contribution in [0.15, 0.2) is 41.0 Å². The number of pyridine rings is 1. The lowest BCUT2D eigenvalue weighted by molar-refractivity contribution is 0.400. The summed E-state index contributed by atoms with van der Waals surface area (Å²) in [6, 6.07) is 9.53. The lowest BCUT2D eigenvalue weighted by Gasteiger charge is -2.21. The zero-order valence-corrected chi connectivity index (χ0v) is 13.7. The molecule has 0 spiro atoms. The Kier molecular flexibility index (Phi) is 5.40. The van der Waals surface area contributed by atoms with Gasteiger partial charge in [0, 0.05) is 10.7 Å². The summed E-state index contributed by atoms with van der Waals surface area (Å²) < 4.78 is 6.28. The Morgan fingerprint density at radius 2 is 2.15 bits per heavy atom. The van der Waals surface area contributed by atoms with Crippen LogP contribution in [0, 0.1) is 0 Å². The SMILES string of the molecule is CCNC(c1cccc(Br)c1Cl)c1ncccc1OC. The highest BCUT2D eigenvalue weighted by atomic mass is 79.9. The Labute approximate surface area is 132 Å². The van der Waals surface area contributed by atoms with Gasteiger partial charge in [-0.1, -0.05) is 30.7 Å². The summed E-state index contributed by atoms with van der Waals surface area (Å²) in [5.41, 5.74) is 1.80. The quantitative estimate of drug-likeness (QED) is 0.872. The Morgan fingerprint density at radius 1 is 1.35 bits per heavy atom. The largest absolute Gasteiger partial charge is 0.495 e. The van der Waals surface area contributed by atoms with Crippen molar-refractivity contribution in [3.8, 4) is 5.75 Å². The van der Waals surface area contributed by atoms with Crippen LogP contribution >= 0.6 is 27.5 Å². The number of hydrogen-bond donors (Lipinski definition) is 1. The van der Waals surface area contributed by atoms with E-state index in [4.69, 9.17) is 16.3 Å². The third-order valence-corrected chi connectivity index (χ3v) is 4.30. The van der Waals surface area contributed by atoms with Crippen LogP contribution in [-0.4, -0.2) is 18.6 Å². The fourth-order valence-corrected chi connectivity index (χ4v) is 2.71. The second kappa shape index (κ2) is 7.07. The molecule has 0 bridgehead atoms. The molecule has 20 heavy (non-hydrogen) atoms. The fourth-order valence-electron chi connectivity index (χ4n) is 2.09. The second-order valence-electron chi connectivity index (χ2n) is 4.22. The maximum atomic E-state index is 6.41. The van der Waals surface area contributed by atoms with E-state index in [1.54, 1.807) is 13.3 Å². The van der Waals surface area contributed by atoms with Gasteiger partial charge >= 0.3 is 0 Å². The van der Waals surface area contributed by atoms with Gasteiger partial charge in [-0.3, -0.25) is 4.98 Å². The van der Waals surface area contributed by atoms with Gasteiger partial charge in [0.2, 0.25) is 0 Å². The number of benzene rings is 1. The lowest BCUT2D eigenvalue weighted by atomic mass is 10.0. The molecule has 1 unspecified atom stereocenters. The first-order valence-corrected chi connectivity index (χ1v) is 7.52. The van der Waals surface area contributed by atoms with Crippen molar-refractivity contribution in [1.82, 2.24) is 10.3 Å². The molecule has 1 N–H and O–H groups in total. The highest BCUT2D eigenvalue weighted by molar-refractivity contribution is 9.10. The molecule has 2 aromatic rings. The van der Waals surface area contributed by atoms with Crippen LogP contribution < -0.4 is 10.1 Å². The van der Waals surface area contributed by atoms with Gasteiger partial charge in [-0.25, -0.2) is 0 Å². The smallest absolute Gasteiger partial charge is 0.142 e. The summed E-state index contributed by atoms with van der Waals surface area (Å²) in [5.74, 6) is 0.745. The molecule has 3 nitrogen and oxygen atoms in total. The van der Waals surface area contributed by atoms with Gasteiger partial charge in [-0.05, 0) is 46.2 Å². The van der Waals surface area contributed by atoms with Crippen LogP contribution in [-0.2, 0) is 0 Å². The molecule has 5 heteroatoms. The lowest BCUT2D eigenvalue weighted by Crippen LogP contribution is -2.24. The number of halogens is 2. The molecule has 2 rings (SSSR count). The van der Waals surface area contributed by atoms with Gasteiger partial charge in [-0.15, -0.1) is 0 Å². The van der Waals surface area contributed by atoms with E-state index in [9.17, 15) is 0 Å². The van der Waals surface area contributed by atoms with Crippen LogP contribution in [0.4, 0.5) is 0 Å². The number of aromatic nitrogens is 1. The molecule has 1 heterocycles. The van der Waals surface area contributed by atoms with Crippen molar-refractivity contribution in [1.29, 1.82) is 0 Å². The number of nitrogens with zero attached hydrogens (tertiary/aromatic N) is 1. The normalized spacial score (nSPS) is 12.2. The van der Waals surface area contributed by atoms with Crippen molar-refractivity contribution in [3.05, 3.63) is 57.3 Å². The predicted octanol–water partition coefficient (Wildman–Crippen LogP) is 4.21. The molecule has 0 saturated heterocycles. The summed E-state index contributed by atoms with van der Waals surface area (Å²) in [5, 5.41) is 4.10. The molecular formula is C15H16BrClN2O. The van der Waals surface area contributed by atoms with Crippen LogP contribution in [0.3, 0.4) is 0 Å². The molecule has 0 aliphatic carbocycles. The molecule has 0 amide bonds. The van der Waals surface area contributed by atoms with Crippen molar-refractivity contribution in [2.75, 3.05) is 13.7 Å². The van der Waals surface area contributed by atoms with E-state index in [0.717, 1.165) is 28.0 Å². The highest BCUT2D eigenvalue weighted by Gasteiger charge is 2.21. The van der Waals surface area contributed by atoms with E-state index in [0.29, 0.717) is 5.02 Å².